The zero-order chi connectivity index (χ0) is 22.5. The lowest BCUT2D eigenvalue weighted by Crippen LogP contribution is -2.35. The van der Waals surface area contributed by atoms with E-state index in [9.17, 15) is 4.79 Å². The fourth-order valence-electron chi connectivity index (χ4n) is 3.69. The number of thiazole rings is 2. The summed E-state index contributed by atoms with van der Waals surface area (Å²) in [5, 5.41) is 8.33. The third-order valence-electron chi connectivity index (χ3n) is 5.42. The van der Waals surface area contributed by atoms with Gasteiger partial charge in [0.05, 0.1) is 31.0 Å². The molecule has 0 unspecified atom stereocenters. The van der Waals surface area contributed by atoms with E-state index in [2.05, 4.69) is 44.5 Å². The highest BCUT2D eigenvalue weighted by molar-refractivity contribution is 7.14. The number of nitrogens with one attached hydrogen (secondary N) is 1. The van der Waals surface area contributed by atoms with Gasteiger partial charge in [0.1, 0.15) is 5.01 Å². The van der Waals surface area contributed by atoms with Gasteiger partial charge >= 0.3 is 0 Å². The van der Waals surface area contributed by atoms with Gasteiger partial charge in [0.25, 0.3) is 0 Å². The number of aromatic nitrogens is 2. The van der Waals surface area contributed by atoms with Crippen molar-refractivity contribution in [3.63, 3.8) is 0 Å². The summed E-state index contributed by atoms with van der Waals surface area (Å²) in [4.78, 5) is 24.1. The number of carbonyl (C=O) groups excluding carboxylic acids is 1. The van der Waals surface area contributed by atoms with Crippen LogP contribution in [-0.2, 0) is 22.5 Å². The predicted octanol–water partition coefficient (Wildman–Crippen LogP) is 4.95. The van der Waals surface area contributed by atoms with Gasteiger partial charge in [-0.3, -0.25) is 9.69 Å². The maximum Gasteiger partial charge on any atom is 0.232 e. The maximum atomic E-state index is 12.5. The van der Waals surface area contributed by atoms with E-state index in [0.717, 1.165) is 60.4 Å². The molecular formula is C25H24N4O2S2. The molecule has 1 amide bonds. The lowest BCUT2D eigenvalue weighted by molar-refractivity contribution is -0.115. The first-order valence-corrected chi connectivity index (χ1v) is 12.6. The summed E-state index contributed by atoms with van der Waals surface area (Å²) in [6.45, 7) is 4.52. The Labute approximate surface area is 200 Å². The molecule has 0 radical (unpaired) electrons. The van der Waals surface area contributed by atoms with Crippen LogP contribution in [0.4, 0.5) is 5.13 Å². The number of benzene rings is 2. The molecule has 0 atom stereocenters. The standard InChI is InChI=1S/C25H24N4O2S2/c30-23(28-25-27-22(17-33-25)19-4-2-1-3-5-19)14-21-16-32-24(26-21)20-8-6-18(7-9-20)15-29-10-12-31-13-11-29/h1-9,16-17H,10-15H2,(H,27,28,30). The van der Waals surface area contributed by atoms with E-state index < -0.39 is 0 Å². The molecule has 2 aromatic carbocycles. The Bertz CT molecular complexity index is 1200. The molecule has 1 saturated heterocycles. The average molecular weight is 477 g/mol. The molecule has 6 nitrogen and oxygen atoms in total. The van der Waals surface area contributed by atoms with Crippen LogP contribution in [0.1, 0.15) is 11.3 Å². The van der Waals surface area contributed by atoms with Crippen LogP contribution in [0.15, 0.2) is 65.4 Å². The highest BCUT2D eigenvalue weighted by Crippen LogP contribution is 2.26. The number of hydrogen-bond donors (Lipinski definition) is 1. The highest BCUT2D eigenvalue weighted by atomic mass is 32.1. The van der Waals surface area contributed by atoms with Gasteiger partial charge in [0.2, 0.25) is 5.91 Å². The number of hydrogen-bond acceptors (Lipinski definition) is 7. The fraction of sp³-hybridized carbons (Fsp3) is 0.240. The van der Waals surface area contributed by atoms with E-state index in [-0.39, 0.29) is 12.3 Å². The third-order valence-corrected chi connectivity index (χ3v) is 7.12. The van der Waals surface area contributed by atoms with Crippen molar-refractivity contribution in [1.29, 1.82) is 0 Å². The molecule has 3 heterocycles. The molecule has 33 heavy (non-hydrogen) atoms. The number of nitrogens with zero attached hydrogens (tertiary/aromatic N) is 3. The normalized spacial score (nSPS) is 14.3. The van der Waals surface area contributed by atoms with E-state index in [4.69, 9.17) is 4.74 Å². The van der Waals surface area contributed by atoms with Gasteiger partial charge in [-0.1, -0.05) is 54.6 Å². The molecule has 0 spiro atoms. The highest BCUT2D eigenvalue weighted by Gasteiger charge is 2.13. The smallest absolute Gasteiger partial charge is 0.232 e. The summed E-state index contributed by atoms with van der Waals surface area (Å²) in [6.07, 6.45) is 0.228. The lowest BCUT2D eigenvalue weighted by atomic mass is 10.1. The number of rotatable bonds is 7. The van der Waals surface area contributed by atoms with Crippen molar-refractivity contribution in [2.24, 2.45) is 0 Å². The van der Waals surface area contributed by atoms with Crippen molar-refractivity contribution in [3.8, 4) is 21.8 Å². The molecule has 0 bridgehead atoms. The Morgan fingerprint density at radius 1 is 0.939 bits per heavy atom. The Morgan fingerprint density at radius 2 is 1.73 bits per heavy atom. The Kier molecular flexibility index (Phi) is 6.87. The molecule has 1 aliphatic rings. The Morgan fingerprint density at radius 3 is 2.52 bits per heavy atom. The van der Waals surface area contributed by atoms with Crippen LogP contribution in [0, 0.1) is 0 Å². The van der Waals surface area contributed by atoms with E-state index in [1.165, 1.54) is 16.9 Å². The van der Waals surface area contributed by atoms with Crippen molar-refractivity contribution in [3.05, 3.63) is 76.6 Å². The van der Waals surface area contributed by atoms with Crippen molar-refractivity contribution >= 4 is 33.7 Å². The molecule has 1 aliphatic heterocycles. The zero-order valence-corrected chi connectivity index (χ0v) is 19.7. The van der Waals surface area contributed by atoms with Gasteiger partial charge in [-0.05, 0) is 5.56 Å². The van der Waals surface area contributed by atoms with Crippen molar-refractivity contribution in [1.82, 2.24) is 14.9 Å². The third kappa shape index (κ3) is 5.72. The number of morpholine rings is 1. The van der Waals surface area contributed by atoms with Crippen LogP contribution in [0.25, 0.3) is 21.8 Å². The summed E-state index contributed by atoms with van der Waals surface area (Å²) in [5.41, 5.74) is 5.03. The van der Waals surface area contributed by atoms with Gasteiger partial charge in [-0.2, -0.15) is 0 Å². The molecule has 0 aliphatic carbocycles. The largest absolute Gasteiger partial charge is 0.379 e. The molecule has 0 saturated carbocycles. The SMILES string of the molecule is O=C(Cc1csc(-c2ccc(CN3CCOCC3)cc2)n1)Nc1nc(-c2ccccc2)cs1. The van der Waals surface area contributed by atoms with Crippen LogP contribution in [0.5, 0.6) is 0 Å². The number of ether oxygens (including phenoxy) is 1. The molecule has 1 N–H and O–H groups in total. The van der Waals surface area contributed by atoms with Crippen LogP contribution in [-0.4, -0.2) is 47.1 Å². The topological polar surface area (TPSA) is 67.4 Å². The Hall–Kier alpha value is -2.91. The van der Waals surface area contributed by atoms with Crippen molar-refractivity contribution in [2.75, 3.05) is 31.6 Å². The first-order valence-electron chi connectivity index (χ1n) is 10.9. The second-order valence-corrected chi connectivity index (χ2v) is 9.57. The molecular weight excluding hydrogens is 452 g/mol. The van der Waals surface area contributed by atoms with Gasteiger partial charge in [0, 0.05) is 41.5 Å². The van der Waals surface area contributed by atoms with E-state index in [1.54, 1.807) is 11.3 Å². The summed E-state index contributed by atoms with van der Waals surface area (Å²) in [5.74, 6) is -0.110. The molecule has 4 aromatic rings. The van der Waals surface area contributed by atoms with Crippen molar-refractivity contribution in [2.45, 2.75) is 13.0 Å². The summed E-state index contributed by atoms with van der Waals surface area (Å²) in [7, 11) is 0. The fourth-order valence-corrected chi connectivity index (χ4v) is 5.25. The van der Waals surface area contributed by atoms with Crippen LogP contribution in [0.2, 0.25) is 0 Å². The lowest BCUT2D eigenvalue weighted by Gasteiger charge is -2.26. The van der Waals surface area contributed by atoms with E-state index >= 15 is 0 Å². The first-order chi connectivity index (χ1) is 16.2. The number of anilines is 1. The number of amides is 1. The number of carbonyl (C=O) groups is 1. The van der Waals surface area contributed by atoms with Gasteiger partial charge in [-0.15, -0.1) is 22.7 Å². The minimum Gasteiger partial charge on any atom is -0.379 e. The monoisotopic (exact) mass is 476 g/mol. The van der Waals surface area contributed by atoms with Gasteiger partial charge < -0.3 is 10.1 Å². The van der Waals surface area contributed by atoms with Crippen LogP contribution >= 0.6 is 22.7 Å². The summed E-state index contributed by atoms with van der Waals surface area (Å²) >= 11 is 2.99. The average Bonchev–Trinajstić information content (AvgIpc) is 3.51. The predicted molar refractivity (Wildman–Crippen MR) is 134 cm³/mol. The molecule has 2 aromatic heterocycles. The van der Waals surface area contributed by atoms with Crippen LogP contribution in [0.3, 0.4) is 0 Å². The zero-order valence-electron chi connectivity index (χ0n) is 18.1. The van der Waals surface area contributed by atoms with Crippen molar-refractivity contribution < 1.29 is 9.53 Å². The van der Waals surface area contributed by atoms with Crippen LogP contribution < -0.4 is 5.32 Å². The molecule has 1 fully saturated rings. The van der Waals surface area contributed by atoms with Gasteiger partial charge in [0.15, 0.2) is 5.13 Å². The summed E-state index contributed by atoms with van der Waals surface area (Å²) in [6, 6.07) is 18.5. The Balaban J connectivity index is 1.17. The minimum atomic E-state index is -0.110. The van der Waals surface area contributed by atoms with E-state index in [0.29, 0.717) is 5.13 Å². The molecule has 168 valence electrons. The van der Waals surface area contributed by atoms with Gasteiger partial charge in [-0.25, -0.2) is 9.97 Å². The molecule has 8 heteroatoms. The maximum absolute atomic E-state index is 12.5. The quantitative estimate of drug-likeness (QED) is 0.409. The summed E-state index contributed by atoms with van der Waals surface area (Å²) < 4.78 is 5.42. The minimum absolute atomic E-state index is 0.110. The first kappa shape index (κ1) is 21.9. The second-order valence-electron chi connectivity index (χ2n) is 7.86. The molecule has 5 rings (SSSR count). The van der Waals surface area contributed by atoms with E-state index in [1.807, 2.05) is 41.1 Å². The second kappa shape index (κ2) is 10.4.